The van der Waals surface area contributed by atoms with Gasteiger partial charge in [-0.05, 0) is 6.08 Å². The maximum Gasteiger partial charge on any atom is 0.352 e. The van der Waals surface area contributed by atoms with Gasteiger partial charge in [-0.3, -0.25) is 19.3 Å². The van der Waals surface area contributed by atoms with Gasteiger partial charge in [0.25, 0.3) is 17.7 Å². The molecule has 0 spiro atoms. The van der Waals surface area contributed by atoms with Crippen molar-refractivity contribution < 1.29 is 29.1 Å². The van der Waals surface area contributed by atoms with Crippen molar-refractivity contribution in [2.24, 2.45) is 10.9 Å². The highest BCUT2D eigenvalue weighted by Crippen LogP contribution is 2.37. The average Bonchev–Trinajstić information content (AvgIpc) is 3.07. The second-order valence-corrected chi connectivity index (χ2v) is 7.57. The number of oxime groups is 1. The summed E-state index contributed by atoms with van der Waals surface area (Å²) in [7, 11) is 0. The molecule has 14 heteroatoms. The summed E-state index contributed by atoms with van der Waals surface area (Å²) in [5.41, 5.74) is 10.2. The van der Waals surface area contributed by atoms with Gasteiger partial charge in [0.1, 0.15) is 22.8 Å². The molecule has 0 aliphatic carbocycles. The number of anilines is 1. The Balaban J connectivity index is 1.76. The number of nitrogens with zero attached hydrogens (tertiary/aromatic N) is 3. The van der Waals surface area contributed by atoms with Crippen LogP contribution in [0.15, 0.2) is 22.3 Å². The highest BCUT2D eigenvalue weighted by molar-refractivity contribution is 8.00. The minimum atomic E-state index is -1.22. The number of carboxylic acids is 1. The highest BCUT2D eigenvalue weighted by atomic mass is 32.2. The smallest absolute Gasteiger partial charge is 0.352 e. The van der Waals surface area contributed by atoms with E-state index in [0.717, 1.165) is 16.2 Å². The number of thioether (sulfide) groups is 1. The SMILES string of the molecule is NC(=O)CO/N=C(\C(=O)N[C@@H]1C(=O)N2C(C(=O)O)=CCS[C@H]12)c1csc(N)n1. The number of carbonyl (C=O) groups excluding carboxylic acids is 3. The van der Waals surface area contributed by atoms with Crippen LogP contribution in [-0.2, 0) is 24.0 Å². The van der Waals surface area contributed by atoms with Crippen molar-refractivity contribution in [2.45, 2.75) is 11.4 Å². The van der Waals surface area contributed by atoms with Crippen LogP contribution in [-0.4, -0.2) is 68.2 Å². The number of aliphatic carboxylic acids is 1. The van der Waals surface area contributed by atoms with Gasteiger partial charge in [0, 0.05) is 11.1 Å². The number of primary amides is 1. The predicted molar refractivity (Wildman–Crippen MR) is 99.0 cm³/mol. The molecule has 0 radical (unpaired) electrons. The van der Waals surface area contributed by atoms with Crippen molar-refractivity contribution in [3.8, 4) is 0 Å². The van der Waals surface area contributed by atoms with Crippen LogP contribution in [0, 0.1) is 0 Å². The molecule has 2 aliphatic rings. The second-order valence-electron chi connectivity index (χ2n) is 5.53. The number of nitrogens with one attached hydrogen (secondary N) is 1. The molecule has 1 saturated heterocycles. The van der Waals surface area contributed by atoms with Crippen LogP contribution >= 0.6 is 23.1 Å². The summed E-state index contributed by atoms with van der Waals surface area (Å²) in [5.74, 6) is -2.98. The fourth-order valence-electron chi connectivity index (χ4n) is 2.51. The molecule has 1 fully saturated rings. The number of nitrogen functional groups attached to an aromatic ring is 1. The lowest BCUT2D eigenvalue weighted by molar-refractivity contribution is -0.150. The van der Waals surface area contributed by atoms with Crippen molar-refractivity contribution in [1.82, 2.24) is 15.2 Å². The Kier molecular flexibility index (Phi) is 5.51. The third kappa shape index (κ3) is 3.77. The van der Waals surface area contributed by atoms with Crippen molar-refractivity contribution in [1.29, 1.82) is 0 Å². The first kappa shape index (κ1) is 19.6. The molecule has 3 heterocycles. The normalized spacial score (nSPS) is 21.3. The molecule has 148 valence electrons. The zero-order chi connectivity index (χ0) is 20.4. The van der Waals surface area contributed by atoms with Crippen LogP contribution in [0.5, 0.6) is 0 Å². The van der Waals surface area contributed by atoms with E-state index in [9.17, 15) is 24.3 Å². The minimum Gasteiger partial charge on any atom is -0.477 e. The first-order chi connectivity index (χ1) is 13.3. The molecule has 0 saturated carbocycles. The summed E-state index contributed by atoms with van der Waals surface area (Å²) in [6.07, 6.45) is 1.43. The summed E-state index contributed by atoms with van der Waals surface area (Å²) in [4.78, 5) is 56.8. The number of aromatic nitrogens is 1. The zero-order valence-electron chi connectivity index (χ0n) is 14.0. The van der Waals surface area contributed by atoms with E-state index in [1.54, 1.807) is 0 Å². The number of thiazole rings is 1. The summed E-state index contributed by atoms with van der Waals surface area (Å²) >= 11 is 2.36. The Bertz CT molecular complexity index is 912. The third-order valence-electron chi connectivity index (χ3n) is 3.69. The van der Waals surface area contributed by atoms with Crippen LogP contribution < -0.4 is 16.8 Å². The summed E-state index contributed by atoms with van der Waals surface area (Å²) in [5, 5.41) is 16.3. The van der Waals surface area contributed by atoms with Crippen LogP contribution in [0.4, 0.5) is 5.13 Å². The number of rotatable bonds is 7. The number of fused-ring (bicyclic) bond motifs is 1. The lowest BCUT2D eigenvalue weighted by Crippen LogP contribution is -2.70. The maximum atomic E-state index is 12.6. The molecular weight excluding hydrogens is 412 g/mol. The summed E-state index contributed by atoms with van der Waals surface area (Å²) < 4.78 is 0. The van der Waals surface area contributed by atoms with Gasteiger partial charge in [-0.1, -0.05) is 5.16 Å². The van der Waals surface area contributed by atoms with E-state index in [-0.39, 0.29) is 22.2 Å². The monoisotopic (exact) mass is 426 g/mol. The Labute approximate surface area is 165 Å². The van der Waals surface area contributed by atoms with Crippen molar-refractivity contribution in [3.05, 3.63) is 22.8 Å². The van der Waals surface area contributed by atoms with Crippen molar-refractivity contribution in [2.75, 3.05) is 18.1 Å². The van der Waals surface area contributed by atoms with Gasteiger partial charge < -0.3 is 26.7 Å². The lowest BCUT2D eigenvalue weighted by atomic mass is 10.0. The van der Waals surface area contributed by atoms with Gasteiger partial charge in [-0.25, -0.2) is 9.78 Å². The summed E-state index contributed by atoms with van der Waals surface area (Å²) in [6, 6.07) is -0.946. The van der Waals surface area contributed by atoms with E-state index in [1.807, 2.05) is 0 Å². The quantitative estimate of drug-likeness (QED) is 0.223. The van der Waals surface area contributed by atoms with Gasteiger partial charge >= 0.3 is 5.97 Å². The van der Waals surface area contributed by atoms with Gasteiger partial charge in [0.15, 0.2) is 17.5 Å². The first-order valence-corrected chi connectivity index (χ1v) is 9.61. The molecule has 3 rings (SSSR count). The molecular formula is C14H14N6O6S2. The van der Waals surface area contributed by atoms with E-state index in [1.165, 1.54) is 23.2 Å². The van der Waals surface area contributed by atoms with Crippen LogP contribution in [0.25, 0.3) is 0 Å². The van der Waals surface area contributed by atoms with E-state index in [4.69, 9.17) is 16.3 Å². The fourth-order valence-corrected chi connectivity index (χ4v) is 4.25. The molecule has 28 heavy (non-hydrogen) atoms. The van der Waals surface area contributed by atoms with E-state index < -0.39 is 41.7 Å². The number of carbonyl (C=O) groups is 4. The third-order valence-corrected chi connectivity index (χ3v) is 5.55. The number of β-lactam (4-membered cyclic amide) rings is 1. The van der Waals surface area contributed by atoms with E-state index in [2.05, 4.69) is 15.5 Å². The molecule has 2 atom stereocenters. The van der Waals surface area contributed by atoms with Gasteiger partial charge in [-0.15, -0.1) is 23.1 Å². The standard InChI is InChI=1S/C14H14N6O6S2/c15-7(21)3-26-19-8(5-4-28-14(16)17-5)10(22)18-9-11(23)20-6(13(24)25)1-2-27-12(9)20/h1,4,9,12H,2-3H2,(H2,15,21)(H2,16,17)(H,18,22)(H,24,25)/b19-8-/t9-,12-/m1/s1. The molecule has 0 aromatic carbocycles. The Morgan fingerprint density at radius 2 is 2.21 bits per heavy atom. The number of nitrogens with two attached hydrogens (primary N) is 2. The molecule has 1 aromatic rings. The molecule has 2 aliphatic heterocycles. The Hall–Kier alpha value is -3.13. The van der Waals surface area contributed by atoms with Crippen LogP contribution in [0.1, 0.15) is 5.69 Å². The molecule has 6 N–H and O–H groups in total. The van der Waals surface area contributed by atoms with Crippen LogP contribution in [0.3, 0.4) is 0 Å². The van der Waals surface area contributed by atoms with Crippen LogP contribution in [0.2, 0.25) is 0 Å². The molecule has 0 bridgehead atoms. The summed E-state index contributed by atoms with van der Waals surface area (Å²) in [6.45, 7) is -0.558. The second kappa shape index (κ2) is 7.85. The molecule has 1 aromatic heterocycles. The minimum absolute atomic E-state index is 0.0931. The fraction of sp³-hybridized carbons (Fsp3) is 0.286. The Morgan fingerprint density at radius 3 is 2.82 bits per heavy atom. The van der Waals surface area contributed by atoms with Gasteiger partial charge in [0.05, 0.1) is 0 Å². The maximum absolute atomic E-state index is 12.6. The lowest BCUT2D eigenvalue weighted by Gasteiger charge is -2.48. The number of carboxylic acid groups (broad SMARTS) is 1. The number of hydrogen-bond donors (Lipinski definition) is 4. The van der Waals surface area contributed by atoms with Crippen molar-refractivity contribution >= 4 is 57.6 Å². The van der Waals surface area contributed by atoms with E-state index >= 15 is 0 Å². The largest absolute Gasteiger partial charge is 0.477 e. The van der Waals surface area contributed by atoms with E-state index in [0.29, 0.717) is 5.75 Å². The van der Waals surface area contributed by atoms with Crippen molar-refractivity contribution in [3.63, 3.8) is 0 Å². The molecule has 12 nitrogen and oxygen atoms in total. The first-order valence-electron chi connectivity index (χ1n) is 7.68. The van der Waals surface area contributed by atoms with Gasteiger partial charge in [-0.2, -0.15) is 0 Å². The highest BCUT2D eigenvalue weighted by Gasteiger charge is 2.53. The molecule has 0 unspecified atom stereocenters. The zero-order valence-corrected chi connectivity index (χ0v) is 15.7. The topological polar surface area (TPSA) is 190 Å². The molecule has 3 amide bonds. The number of amides is 3. The Morgan fingerprint density at radius 1 is 1.46 bits per heavy atom. The average molecular weight is 426 g/mol. The van der Waals surface area contributed by atoms with Gasteiger partial charge in [0.2, 0.25) is 0 Å². The predicted octanol–water partition coefficient (Wildman–Crippen LogP) is -1.70. The number of hydrogen-bond acceptors (Lipinski definition) is 10.